The maximum Gasteiger partial charge on any atom is 0.346 e. The molecule has 8 nitrogen and oxygen atoms in total. The van der Waals surface area contributed by atoms with E-state index in [1.165, 1.54) is 25.0 Å². The summed E-state index contributed by atoms with van der Waals surface area (Å²) in [6.45, 7) is 11.4. The van der Waals surface area contributed by atoms with Crippen LogP contribution in [0.4, 0.5) is 11.4 Å². The van der Waals surface area contributed by atoms with Crippen LogP contribution in [-0.2, 0) is 15.0 Å². The number of piperidine rings is 2. The van der Waals surface area contributed by atoms with Crippen LogP contribution in [0.2, 0.25) is 0 Å². The fourth-order valence-corrected chi connectivity index (χ4v) is 8.72. The van der Waals surface area contributed by atoms with Gasteiger partial charge in [0.1, 0.15) is 11.6 Å². The van der Waals surface area contributed by atoms with Gasteiger partial charge in [0, 0.05) is 37.6 Å². The summed E-state index contributed by atoms with van der Waals surface area (Å²) in [4.78, 5) is 32.1. The lowest BCUT2D eigenvalue weighted by molar-refractivity contribution is -0.133. The van der Waals surface area contributed by atoms with Gasteiger partial charge in [-0.3, -0.25) is 4.79 Å². The topological polar surface area (TPSA) is 109 Å². The van der Waals surface area contributed by atoms with Gasteiger partial charge in [0.15, 0.2) is 0 Å². The Labute approximate surface area is 297 Å². The number of hydrogen-bond donors (Lipinski definition) is 2. The van der Waals surface area contributed by atoms with Gasteiger partial charge < -0.3 is 20.0 Å². The zero-order valence-corrected chi connectivity index (χ0v) is 28.2. The number of carbonyl (C=O) groups is 2. The first-order valence-electron chi connectivity index (χ1n) is 17.6. The van der Waals surface area contributed by atoms with E-state index < -0.39 is 17.4 Å². The SMILES string of the molecule is [C-]#[N+]C(=Cc1ccc2c(c1)C1(c3cc(/C=C(\C#N)C(=O)O)ccc3-c3ccc(N4CCCCC4)cc31)c1cc(N3CCCCC3)ccc1-2)C(=O)O. The van der Waals surface area contributed by atoms with Crippen LogP contribution in [-0.4, -0.2) is 48.3 Å². The van der Waals surface area contributed by atoms with Crippen molar-refractivity contribution in [3.63, 3.8) is 0 Å². The molecule has 2 N–H and O–H groups in total. The van der Waals surface area contributed by atoms with Crippen molar-refractivity contribution in [3.05, 3.63) is 129 Å². The van der Waals surface area contributed by atoms with Crippen molar-refractivity contribution in [2.75, 3.05) is 36.0 Å². The van der Waals surface area contributed by atoms with Crippen LogP contribution in [0.3, 0.4) is 0 Å². The highest BCUT2D eigenvalue weighted by molar-refractivity contribution is 6.00. The third kappa shape index (κ3) is 5.18. The van der Waals surface area contributed by atoms with E-state index in [-0.39, 0.29) is 11.3 Å². The van der Waals surface area contributed by atoms with Gasteiger partial charge in [-0.05, 0) is 137 Å². The Morgan fingerprint density at radius 3 is 1.49 bits per heavy atom. The molecule has 1 spiro atoms. The Kier molecular flexibility index (Phi) is 7.96. The molecule has 8 heteroatoms. The number of rotatable bonds is 6. The quantitative estimate of drug-likeness (QED) is 0.104. The monoisotopic (exact) mass is 672 g/mol. The second kappa shape index (κ2) is 12.6. The molecule has 1 atom stereocenters. The predicted octanol–water partition coefficient (Wildman–Crippen LogP) is 8.35. The van der Waals surface area contributed by atoms with E-state index in [0.29, 0.717) is 11.1 Å². The van der Waals surface area contributed by atoms with Crippen LogP contribution >= 0.6 is 0 Å². The molecular formula is C43H36N4O4. The summed E-state index contributed by atoms with van der Waals surface area (Å²) in [7, 11) is 0. The number of carboxylic acid groups (broad SMARTS) is 2. The summed E-state index contributed by atoms with van der Waals surface area (Å²) in [5.41, 5.74) is 10.4. The number of carboxylic acids is 2. The molecule has 8 rings (SSSR count). The minimum Gasteiger partial charge on any atom is -0.486 e. The average Bonchev–Trinajstić information content (AvgIpc) is 3.62. The van der Waals surface area contributed by atoms with Crippen molar-refractivity contribution < 1.29 is 19.8 Å². The Balaban J connectivity index is 1.46. The maximum atomic E-state index is 11.9. The summed E-state index contributed by atoms with van der Waals surface area (Å²) >= 11 is 0. The van der Waals surface area contributed by atoms with Gasteiger partial charge >= 0.3 is 11.9 Å². The molecule has 2 fully saturated rings. The predicted molar refractivity (Wildman–Crippen MR) is 198 cm³/mol. The highest BCUT2D eigenvalue weighted by Crippen LogP contribution is 2.64. The van der Waals surface area contributed by atoms with Gasteiger partial charge in [-0.2, -0.15) is 5.26 Å². The molecule has 0 radical (unpaired) electrons. The third-order valence-electron chi connectivity index (χ3n) is 11.0. The Bertz CT molecular complexity index is 2120. The van der Waals surface area contributed by atoms with Crippen LogP contribution in [0, 0.1) is 17.9 Å². The van der Waals surface area contributed by atoms with Crippen molar-refractivity contribution in [3.8, 4) is 28.3 Å². The molecule has 2 heterocycles. The zero-order chi connectivity index (χ0) is 35.3. The molecular weight excluding hydrogens is 636 g/mol. The minimum atomic E-state index is -1.28. The molecule has 252 valence electrons. The second-order valence-electron chi connectivity index (χ2n) is 13.8. The lowest BCUT2D eigenvalue weighted by atomic mass is 9.70. The number of benzene rings is 4. The van der Waals surface area contributed by atoms with E-state index >= 15 is 0 Å². The Morgan fingerprint density at radius 1 is 0.647 bits per heavy atom. The molecule has 4 aromatic rings. The first-order valence-corrected chi connectivity index (χ1v) is 17.6. The number of nitriles is 1. The average molecular weight is 673 g/mol. The first-order chi connectivity index (χ1) is 24.8. The fraction of sp³-hybridized carbons (Fsp3) is 0.256. The third-order valence-corrected chi connectivity index (χ3v) is 11.0. The van der Waals surface area contributed by atoms with Gasteiger partial charge in [-0.1, -0.05) is 42.5 Å². The van der Waals surface area contributed by atoms with Crippen molar-refractivity contribution in [1.29, 1.82) is 5.26 Å². The molecule has 2 aliphatic carbocycles. The summed E-state index contributed by atoms with van der Waals surface area (Å²) in [5, 5.41) is 29.1. The highest BCUT2D eigenvalue weighted by Gasteiger charge is 2.52. The van der Waals surface area contributed by atoms with E-state index in [0.717, 1.165) is 108 Å². The Morgan fingerprint density at radius 2 is 1.08 bits per heavy atom. The summed E-state index contributed by atoms with van der Waals surface area (Å²) in [6.07, 6.45) is 9.83. The van der Waals surface area contributed by atoms with Gasteiger partial charge in [0.05, 0.1) is 12.0 Å². The zero-order valence-electron chi connectivity index (χ0n) is 28.2. The summed E-state index contributed by atoms with van der Waals surface area (Å²) < 4.78 is 0. The van der Waals surface area contributed by atoms with E-state index in [4.69, 9.17) is 6.57 Å². The van der Waals surface area contributed by atoms with Crippen molar-refractivity contribution in [2.24, 2.45) is 0 Å². The molecule has 1 unspecified atom stereocenters. The van der Waals surface area contributed by atoms with Gasteiger partial charge in [0.2, 0.25) is 0 Å². The molecule has 2 aliphatic heterocycles. The molecule has 0 amide bonds. The van der Waals surface area contributed by atoms with Crippen molar-refractivity contribution in [1.82, 2.24) is 0 Å². The number of fused-ring (bicyclic) bond motifs is 10. The van der Waals surface area contributed by atoms with E-state index in [1.54, 1.807) is 0 Å². The molecule has 0 aromatic heterocycles. The normalized spacial score (nSPS) is 19.1. The van der Waals surface area contributed by atoms with Gasteiger partial charge in [-0.15, -0.1) is 0 Å². The van der Waals surface area contributed by atoms with E-state index in [1.807, 2.05) is 42.5 Å². The first kappa shape index (κ1) is 32.1. The number of nitrogens with zero attached hydrogens (tertiary/aromatic N) is 4. The fourth-order valence-electron chi connectivity index (χ4n) is 8.72. The van der Waals surface area contributed by atoms with E-state index in [2.05, 4.69) is 51.0 Å². The lowest BCUT2D eigenvalue weighted by Crippen LogP contribution is -2.31. The van der Waals surface area contributed by atoms with Crippen LogP contribution in [0.1, 0.15) is 71.9 Å². The van der Waals surface area contributed by atoms with E-state index in [9.17, 15) is 25.1 Å². The number of anilines is 2. The standard InChI is InChI=1S/C43H36N4O4/c1-45-40(42(50)51)23-28-9-13-33-35-15-11-31(47-18-6-3-7-19-47)25-39(35)43(37(33)22-28)36-21-27(20-29(26-44)41(48)49)8-12-32(36)34-14-10-30(24-38(34)43)46-16-4-2-5-17-46/h8-15,20-25H,2-7,16-19H2,(H,48,49)(H,50,51)/b29-20+,40-23?. The maximum absolute atomic E-state index is 11.9. The molecule has 4 aliphatic rings. The van der Waals surface area contributed by atoms with Crippen molar-refractivity contribution >= 4 is 35.5 Å². The smallest absolute Gasteiger partial charge is 0.346 e. The number of aliphatic carboxylic acids is 2. The largest absolute Gasteiger partial charge is 0.486 e. The van der Waals surface area contributed by atoms with Gasteiger partial charge in [-0.25, -0.2) is 9.64 Å². The van der Waals surface area contributed by atoms with Crippen molar-refractivity contribution in [2.45, 2.75) is 43.9 Å². The molecule has 51 heavy (non-hydrogen) atoms. The minimum absolute atomic E-state index is 0.348. The molecule has 4 aromatic carbocycles. The van der Waals surface area contributed by atoms with Gasteiger partial charge in [0.25, 0.3) is 5.70 Å². The Hall–Kier alpha value is -6.12. The number of hydrogen-bond acceptors (Lipinski definition) is 5. The molecule has 0 saturated carbocycles. The summed E-state index contributed by atoms with van der Waals surface area (Å²) in [5.74, 6) is -2.56. The van der Waals surface area contributed by atoms with Crippen LogP contribution < -0.4 is 9.80 Å². The molecule has 2 saturated heterocycles. The van der Waals surface area contributed by atoms with Crippen LogP contribution in [0.15, 0.2) is 84.1 Å². The highest BCUT2D eigenvalue weighted by atomic mass is 16.4. The second-order valence-corrected chi connectivity index (χ2v) is 13.8. The lowest BCUT2D eigenvalue weighted by Gasteiger charge is -2.34. The molecule has 0 bridgehead atoms. The summed E-state index contributed by atoms with van der Waals surface area (Å²) in [6, 6.07) is 27.2. The van der Waals surface area contributed by atoms with Crippen LogP contribution in [0.25, 0.3) is 39.3 Å². The van der Waals surface area contributed by atoms with Crippen LogP contribution in [0.5, 0.6) is 0 Å².